The Bertz CT molecular complexity index is 663. The van der Waals surface area contributed by atoms with Crippen molar-refractivity contribution in [3.8, 4) is 0 Å². The molecule has 2 saturated carbocycles. The Labute approximate surface area is 139 Å². The highest BCUT2D eigenvalue weighted by atomic mass is 32.2. The molecule has 0 spiro atoms. The van der Waals surface area contributed by atoms with Gasteiger partial charge in [0.1, 0.15) is 0 Å². The van der Waals surface area contributed by atoms with E-state index < -0.39 is 10.0 Å². The molecule has 0 aromatic heterocycles. The first-order valence-corrected chi connectivity index (χ1v) is 10.3. The van der Waals surface area contributed by atoms with Gasteiger partial charge < -0.3 is 0 Å². The molecule has 0 unspecified atom stereocenters. The largest absolute Gasteiger partial charge is 0.297 e. The van der Waals surface area contributed by atoms with Crippen LogP contribution in [0, 0.1) is 18.8 Å². The van der Waals surface area contributed by atoms with E-state index in [9.17, 15) is 8.42 Å². The van der Waals surface area contributed by atoms with Crippen molar-refractivity contribution in [2.24, 2.45) is 11.8 Å². The fourth-order valence-electron chi connectivity index (χ4n) is 4.79. The van der Waals surface area contributed by atoms with Gasteiger partial charge in [-0.15, -0.1) is 0 Å². The van der Waals surface area contributed by atoms with Crippen molar-refractivity contribution in [1.82, 2.24) is 9.21 Å². The normalized spacial score (nSPS) is 32.5. The molecule has 4 nitrogen and oxygen atoms in total. The van der Waals surface area contributed by atoms with Crippen LogP contribution in [-0.4, -0.2) is 49.8 Å². The molecule has 1 heterocycles. The number of hydrogen-bond acceptors (Lipinski definition) is 3. The van der Waals surface area contributed by atoms with Gasteiger partial charge in [0.15, 0.2) is 0 Å². The van der Waals surface area contributed by atoms with E-state index in [1.54, 1.807) is 16.4 Å². The van der Waals surface area contributed by atoms with Gasteiger partial charge in [0.05, 0.1) is 4.90 Å². The van der Waals surface area contributed by atoms with E-state index >= 15 is 0 Å². The number of sulfonamides is 1. The van der Waals surface area contributed by atoms with Crippen LogP contribution in [0.1, 0.15) is 31.2 Å². The number of rotatable bonds is 3. The van der Waals surface area contributed by atoms with E-state index in [4.69, 9.17) is 0 Å². The first-order valence-electron chi connectivity index (χ1n) is 8.85. The van der Waals surface area contributed by atoms with Crippen molar-refractivity contribution < 1.29 is 8.42 Å². The van der Waals surface area contributed by atoms with Gasteiger partial charge >= 0.3 is 0 Å². The van der Waals surface area contributed by atoms with E-state index in [1.807, 2.05) is 19.1 Å². The van der Waals surface area contributed by atoms with Crippen molar-refractivity contribution in [2.75, 3.05) is 26.2 Å². The van der Waals surface area contributed by atoms with Crippen molar-refractivity contribution in [3.63, 3.8) is 0 Å². The lowest BCUT2D eigenvalue weighted by molar-refractivity contribution is 0.101. The molecule has 5 heteroatoms. The quantitative estimate of drug-likeness (QED) is 0.853. The number of nitrogens with zero attached hydrogens (tertiary/aromatic N) is 2. The van der Waals surface area contributed by atoms with Gasteiger partial charge in [-0.25, -0.2) is 8.42 Å². The van der Waals surface area contributed by atoms with Crippen LogP contribution >= 0.6 is 0 Å². The maximum Gasteiger partial charge on any atom is 0.243 e. The third-order valence-corrected chi connectivity index (χ3v) is 8.01. The van der Waals surface area contributed by atoms with Crippen molar-refractivity contribution in [1.29, 1.82) is 0 Å². The predicted octanol–water partition coefficient (Wildman–Crippen LogP) is 2.49. The minimum Gasteiger partial charge on any atom is -0.297 e. The zero-order valence-electron chi connectivity index (χ0n) is 13.8. The SMILES string of the molecule is Cc1ccc(S(=O)(=O)N2CCN([C@H]3C[C@@H]4CC[C@@H]3C4)CC2)cc1. The lowest BCUT2D eigenvalue weighted by Gasteiger charge is -2.40. The molecule has 2 aliphatic carbocycles. The summed E-state index contributed by atoms with van der Waals surface area (Å²) in [5.41, 5.74) is 1.09. The second-order valence-electron chi connectivity index (χ2n) is 7.50. The summed E-state index contributed by atoms with van der Waals surface area (Å²) in [6.45, 7) is 5.01. The van der Waals surface area contributed by atoms with Gasteiger partial charge in [0.2, 0.25) is 10.0 Å². The van der Waals surface area contributed by atoms with Crippen LogP contribution in [0.3, 0.4) is 0 Å². The van der Waals surface area contributed by atoms with Crippen LogP contribution < -0.4 is 0 Å². The lowest BCUT2D eigenvalue weighted by Crippen LogP contribution is -2.53. The van der Waals surface area contributed by atoms with Gasteiger partial charge in [0.25, 0.3) is 0 Å². The molecule has 0 radical (unpaired) electrons. The molecule has 0 N–H and O–H groups in total. The topological polar surface area (TPSA) is 40.6 Å². The second-order valence-corrected chi connectivity index (χ2v) is 9.43. The molecule has 1 aromatic rings. The summed E-state index contributed by atoms with van der Waals surface area (Å²) in [6, 6.07) is 7.93. The Balaban J connectivity index is 1.42. The highest BCUT2D eigenvalue weighted by Crippen LogP contribution is 2.46. The molecule has 1 aliphatic heterocycles. The molecular weight excluding hydrogens is 308 g/mol. The first kappa shape index (κ1) is 15.6. The Kier molecular flexibility index (Phi) is 3.98. The van der Waals surface area contributed by atoms with Crippen molar-refractivity contribution >= 4 is 10.0 Å². The van der Waals surface area contributed by atoms with E-state index in [0.29, 0.717) is 18.0 Å². The molecular formula is C18H26N2O2S. The van der Waals surface area contributed by atoms with Crippen LogP contribution in [0.15, 0.2) is 29.2 Å². The number of fused-ring (bicyclic) bond motifs is 2. The Morgan fingerprint density at radius 2 is 1.65 bits per heavy atom. The van der Waals surface area contributed by atoms with Crippen molar-refractivity contribution in [2.45, 2.75) is 43.5 Å². The summed E-state index contributed by atoms with van der Waals surface area (Å²) in [4.78, 5) is 2.99. The average molecular weight is 334 g/mol. The average Bonchev–Trinajstić information content (AvgIpc) is 3.18. The van der Waals surface area contributed by atoms with Gasteiger partial charge in [-0.2, -0.15) is 4.31 Å². The molecule has 3 fully saturated rings. The summed E-state index contributed by atoms with van der Waals surface area (Å²) in [5, 5.41) is 0. The summed E-state index contributed by atoms with van der Waals surface area (Å²) < 4.78 is 27.2. The number of aryl methyl sites for hydroxylation is 1. The van der Waals surface area contributed by atoms with Crippen LogP contribution in [0.2, 0.25) is 0 Å². The van der Waals surface area contributed by atoms with Crippen LogP contribution in [0.5, 0.6) is 0 Å². The van der Waals surface area contributed by atoms with Gasteiger partial charge in [-0.05, 0) is 50.2 Å². The van der Waals surface area contributed by atoms with Crippen molar-refractivity contribution in [3.05, 3.63) is 29.8 Å². The molecule has 126 valence electrons. The Hall–Kier alpha value is -0.910. The molecule has 3 aliphatic rings. The summed E-state index contributed by atoms with van der Waals surface area (Å²) in [7, 11) is -3.33. The lowest BCUT2D eigenvalue weighted by atomic mass is 9.93. The fraction of sp³-hybridized carbons (Fsp3) is 0.667. The van der Waals surface area contributed by atoms with Gasteiger partial charge in [-0.3, -0.25) is 4.90 Å². The van der Waals surface area contributed by atoms with E-state index in [1.165, 1.54) is 25.7 Å². The van der Waals surface area contributed by atoms with Crippen LogP contribution in [0.4, 0.5) is 0 Å². The molecule has 1 saturated heterocycles. The zero-order chi connectivity index (χ0) is 16.0. The first-order chi connectivity index (χ1) is 11.0. The smallest absolute Gasteiger partial charge is 0.243 e. The number of hydrogen-bond donors (Lipinski definition) is 0. The maximum absolute atomic E-state index is 12.8. The standard InChI is InChI=1S/C18H26N2O2S/c1-14-2-6-17(7-3-14)23(21,22)20-10-8-19(9-11-20)18-13-15-4-5-16(18)12-15/h2-3,6-7,15-16,18H,4-5,8-13H2,1H3/t15-,16-,18+/m1/s1. The minimum atomic E-state index is -3.33. The molecule has 23 heavy (non-hydrogen) atoms. The van der Waals surface area contributed by atoms with Crippen LogP contribution in [0.25, 0.3) is 0 Å². The van der Waals surface area contributed by atoms with Crippen LogP contribution in [-0.2, 0) is 10.0 Å². The third-order valence-electron chi connectivity index (χ3n) is 6.10. The predicted molar refractivity (Wildman–Crippen MR) is 90.7 cm³/mol. The highest BCUT2D eigenvalue weighted by molar-refractivity contribution is 7.89. The maximum atomic E-state index is 12.8. The molecule has 4 rings (SSSR count). The molecule has 2 bridgehead atoms. The Morgan fingerprint density at radius 3 is 2.22 bits per heavy atom. The van der Waals surface area contributed by atoms with Gasteiger partial charge in [-0.1, -0.05) is 24.1 Å². The van der Waals surface area contributed by atoms with E-state index in [0.717, 1.165) is 36.5 Å². The molecule has 3 atom stereocenters. The fourth-order valence-corrected chi connectivity index (χ4v) is 6.22. The summed E-state index contributed by atoms with van der Waals surface area (Å²) in [6.07, 6.45) is 5.56. The summed E-state index contributed by atoms with van der Waals surface area (Å²) >= 11 is 0. The zero-order valence-corrected chi connectivity index (χ0v) is 14.6. The monoisotopic (exact) mass is 334 g/mol. The number of benzene rings is 1. The van der Waals surface area contributed by atoms with Gasteiger partial charge in [0, 0.05) is 32.2 Å². The summed E-state index contributed by atoms with van der Waals surface area (Å²) in [5.74, 6) is 1.82. The van der Waals surface area contributed by atoms with E-state index in [2.05, 4.69) is 4.90 Å². The van der Waals surface area contributed by atoms with E-state index in [-0.39, 0.29) is 0 Å². The number of piperazine rings is 1. The third kappa shape index (κ3) is 2.83. The molecule has 1 aromatic carbocycles. The minimum absolute atomic E-state index is 0.427. The molecule has 0 amide bonds. The Morgan fingerprint density at radius 1 is 0.957 bits per heavy atom. The highest BCUT2D eigenvalue weighted by Gasteiger charge is 2.43. The second kappa shape index (κ2) is 5.87.